The van der Waals surface area contributed by atoms with Crippen LogP contribution in [0.3, 0.4) is 0 Å². The first-order valence-electron chi connectivity index (χ1n) is 8.84. The van der Waals surface area contributed by atoms with Crippen LogP contribution in [0.4, 0.5) is 5.69 Å². The minimum absolute atomic E-state index is 0.191. The van der Waals surface area contributed by atoms with Crippen LogP contribution in [0.25, 0.3) is 22.6 Å². The number of aryl methyl sites for hydroxylation is 1. The van der Waals surface area contributed by atoms with E-state index in [-0.39, 0.29) is 17.2 Å². The van der Waals surface area contributed by atoms with Gasteiger partial charge in [0, 0.05) is 12.7 Å². The van der Waals surface area contributed by atoms with Crippen molar-refractivity contribution in [3.05, 3.63) is 66.1 Å². The highest BCUT2D eigenvalue weighted by Crippen LogP contribution is 2.27. The smallest absolute Gasteiger partial charge is 0.339 e. The maximum atomic E-state index is 12.8. The van der Waals surface area contributed by atoms with E-state index in [1.54, 1.807) is 44.3 Å². The molecule has 0 unspecified atom stereocenters. The van der Waals surface area contributed by atoms with Gasteiger partial charge in [-0.25, -0.2) is 9.78 Å². The number of benzene rings is 1. The van der Waals surface area contributed by atoms with Crippen LogP contribution in [0.15, 0.2) is 63.7 Å². The fourth-order valence-corrected chi connectivity index (χ4v) is 2.90. The van der Waals surface area contributed by atoms with Crippen LogP contribution in [0.1, 0.15) is 16.1 Å². The molecule has 4 rings (SSSR count). The number of anilines is 1. The largest absolute Gasteiger partial charge is 0.463 e. The second-order valence-corrected chi connectivity index (χ2v) is 6.34. The number of likely N-dealkylation sites (N-methyl/N-ethyl adjacent to an activating group) is 1. The van der Waals surface area contributed by atoms with Crippen LogP contribution < -0.4 is 4.90 Å². The Kier molecular flexibility index (Phi) is 4.82. The van der Waals surface area contributed by atoms with E-state index in [0.29, 0.717) is 28.2 Å². The first-order chi connectivity index (χ1) is 14.0. The molecule has 0 aliphatic heterocycles. The molecule has 146 valence electrons. The van der Waals surface area contributed by atoms with Crippen LogP contribution in [-0.4, -0.2) is 35.7 Å². The van der Waals surface area contributed by atoms with Gasteiger partial charge in [0.05, 0.1) is 22.9 Å². The monoisotopic (exact) mass is 391 g/mol. The summed E-state index contributed by atoms with van der Waals surface area (Å²) in [6.07, 6.45) is 1.50. The molecule has 0 radical (unpaired) electrons. The zero-order valence-corrected chi connectivity index (χ0v) is 15.8. The third-order valence-electron chi connectivity index (χ3n) is 4.45. The summed E-state index contributed by atoms with van der Waals surface area (Å²) in [7, 11) is 1.62. The minimum atomic E-state index is -0.675. The van der Waals surface area contributed by atoms with Crippen LogP contribution in [0.5, 0.6) is 0 Å². The fourth-order valence-electron chi connectivity index (χ4n) is 2.90. The summed E-state index contributed by atoms with van der Waals surface area (Å²) >= 11 is 0. The quantitative estimate of drug-likeness (QED) is 0.479. The molecule has 1 aromatic carbocycles. The molecule has 0 spiro atoms. The van der Waals surface area contributed by atoms with E-state index in [0.717, 1.165) is 0 Å². The molecule has 0 fully saturated rings. The molecule has 0 saturated carbocycles. The topological polar surface area (TPSA) is 98.7 Å². The minimum Gasteiger partial charge on any atom is -0.463 e. The lowest BCUT2D eigenvalue weighted by molar-refractivity contribution is -0.121. The SMILES string of the molecule is Cc1noc2nc(-c3ccco3)cc(C(=O)OCC(=O)N(C)c3ccccc3)c12. The number of esters is 1. The molecule has 8 heteroatoms. The molecular formula is C21H17N3O5. The maximum absolute atomic E-state index is 12.8. The molecular weight excluding hydrogens is 374 g/mol. The Morgan fingerprint density at radius 1 is 1.14 bits per heavy atom. The molecule has 0 atom stereocenters. The molecule has 3 heterocycles. The summed E-state index contributed by atoms with van der Waals surface area (Å²) in [5.74, 6) is -0.565. The van der Waals surface area contributed by atoms with Gasteiger partial charge in [-0.3, -0.25) is 4.79 Å². The van der Waals surface area contributed by atoms with E-state index in [4.69, 9.17) is 13.7 Å². The lowest BCUT2D eigenvalue weighted by atomic mass is 10.1. The van der Waals surface area contributed by atoms with Crippen LogP contribution in [0, 0.1) is 6.92 Å². The molecule has 3 aromatic heterocycles. The lowest BCUT2D eigenvalue weighted by Crippen LogP contribution is -2.31. The van der Waals surface area contributed by atoms with Gasteiger partial charge in [0.15, 0.2) is 12.4 Å². The summed E-state index contributed by atoms with van der Waals surface area (Å²) < 4.78 is 15.8. The number of nitrogens with zero attached hydrogens (tertiary/aromatic N) is 3. The standard InChI is InChI=1S/C21H17N3O5/c1-13-19-15(11-16(17-9-6-10-27-17)22-20(19)29-23-13)21(26)28-12-18(25)24(2)14-7-4-3-5-8-14/h3-11H,12H2,1-2H3. The number of carbonyl (C=O) groups excluding carboxylic acids is 2. The van der Waals surface area contributed by atoms with E-state index >= 15 is 0 Å². The first-order valence-corrected chi connectivity index (χ1v) is 8.84. The number of hydrogen-bond acceptors (Lipinski definition) is 7. The molecule has 0 saturated heterocycles. The number of hydrogen-bond donors (Lipinski definition) is 0. The Hall–Kier alpha value is -3.94. The zero-order valence-electron chi connectivity index (χ0n) is 15.8. The van der Waals surface area contributed by atoms with Gasteiger partial charge in [0.1, 0.15) is 5.69 Å². The van der Waals surface area contributed by atoms with Crippen molar-refractivity contribution in [1.29, 1.82) is 0 Å². The Morgan fingerprint density at radius 2 is 1.93 bits per heavy atom. The molecule has 0 N–H and O–H groups in total. The highest BCUT2D eigenvalue weighted by atomic mass is 16.5. The van der Waals surface area contributed by atoms with Crippen molar-refractivity contribution in [3.63, 3.8) is 0 Å². The predicted molar refractivity (Wildman–Crippen MR) is 104 cm³/mol. The number of para-hydroxylation sites is 1. The summed E-state index contributed by atoms with van der Waals surface area (Å²) in [6.45, 7) is 1.29. The number of rotatable bonds is 5. The van der Waals surface area contributed by atoms with Crippen molar-refractivity contribution in [1.82, 2.24) is 10.1 Å². The molecule has 8 nitrogen and oxygen atoms in total. The average molecular weight is 391 g/mol. The van der Waals surface area contributed by atoms with Crippen LogP contribution in [0.2, 0.25) is 0 Å². The van der Waals surface area contributed by atoms with Crippen molar-refractivity contribution in [2.45, 2.75) is 6.92 Å². The van der Waals surface area contributed by atoms with Gasteiger partial charge in [-0.2, -0.15) is 0 Å². The third-order valence-corrected chi connectivity index (χ3v) is 4.45. The average Bonchev–Trinajstić information content (AvgIpc) is 3.41. The third kappa shape index (κ3) is 3.60. The second-order valence-electron chi connectivity index (χ2n) is 6.34. The Balaban J connectivity index is 1.58. The predicted octanol–water partition coefficient (Wildman–Crippen LogP) is 3.61. The number of pyridine rings is 1. The van der Waals surface area contributed by atoms with E-state index in [1.165, 1.54) is 11.2 Å². The van der Waals surface area contributed by atoms with Gasteiger partial charge in [0.2, 0.25) is 0 Å². The molecule has 29 heavy (non-hydrogen) atoms. The van der Waals surface area contributed by atoms with E-state index in [9.17, 15) is 9.59 Å². The molecule has 0 aliphatic rings. The van der Waals surface area contributed by atoms with Crippen molar-refractivity contribution >= 4 is 28.7 Å². The van der Waals surface area contributed by atoms with Gasteiger partial charge < -0.3 is 18.6 Å². The number of carbonyl (C=O) groups is 2. The van der Waals surface area contributed by atoms with Crippen LogP contribution >= 0.6 is 0 Å². The van der Waals surface area contributed by atoms with Gasteiger partial charge in [-0.1, -0.05) is 23.4 Å². The molecule has 0 aliphatic carbocycles. The zero-order chi connectivity index (χ0) is 20.4. The Bertz CT molecular complexity index is 1170. The summed E-state index contributed by atoms with van der Waals surface area (Å²) in [4.78, 5) is 30.9. The highest BCUT2D eigenvalue weighted by molar-refractivity contribution is 6.05. The number of aromatic nitrogens is 2. The number of amides is 1. The van der Waals surface area contributed by atoms with Gasteiger partial charge in [-0.15, -0.1) is 0 Å². The van der Waals surface area contributed by atoms with Gasteiger partial charge in [0.25, 0.3) is 11.6 Å². The number of ether oxygens (including phenoxy) is 1. The summed E-state index contributed by atoms with van der Waals surface area (Å²) in [5, 5.41) is 4.31. The number of furan rings is 1. The molecule has 0 bridgehead atoms. The fraction of sp³-hybridized carbons (Fsp3) is 0.143. The Morgan fingerprint density at radius 3 is 2.66 bits per heavy atom. The van der Waals surface area contributed by atoms with Crippen molar-refractivity contribution in [2.75, 3.05) is 18.6 Å². The van der Waals surface area contributed by atoms with Crippen molar-refractivity contribution in [3.8, 4) is 11.5 Å². The van der Waals surface area contributed by atoms with Gasteiger partial charge >= 0.3 is 5.97 Å². The van der Waals surface area contributed by atoms with Crippen molar-refractivity contribution < 1.29 is 23.3 Å². The molecule has 1 amide bonds. The highest BCUT2D eigenvalue weighted by Gasteiger charge is 2.22. The lowest BCUT2D eigenvalue weighted by Gasteiger charge is -2.17. The molecule has 4 aromatic rings. The summed E-state index contributed by atoms with van der Waals surface area (Å²) in [5.41, 5.74) is 2.00. The maximum Gasteiger partial charge on any atom is 0.339 e. The van der Waals surface area contributed by atoms with E-state index in [1.807, 2.05) is 18.2 Å². The summed E-state index contributed by atoms with van der Waals surface area (Å²) in [6, 6.07) is 14.1. The normalized spacial score (nSPS) is 10.8. The van der Waals surface area contributed by atoms with E-state index in [2.05, 4.69) is 10.1 Å². The number of fused-ring (bicyclic) bond motifs is 1. The van der Waals surface area contributed by atoms with Crippen molar-refractivity contribution in [2.24, 2.45) is 0 Å². The Labute approximate surface area is 165 Å². The second kappa shape index (κ2) is 7.59. The first kappa shape index (κ1) is 18.4. The van der Waals surface area contributed by atoms with E-state index < -0.39 is 12.6 Å². The van der Waals surface area contributed by atoms with Gasteiger partial charge in [-0.05, 0) is 37.3 Å². The van der Waals surface area contributed by atoms with Crippen LogP contribution in [-0.2, 0) is 9.53 Å².